The largest absolute Gasteiger partial charge is 0.383 e. The predicted octanol–water partition coefficient (Wildman–Crippen LogP) is 3.00. The number of benzene rings is 1. The Morgan fingerprint density at radius 2 is 1.94 bits per heavy atom. The van der Waals surface area contributed by atoms with Crippen molar-refractivity contribution in [2.24, 2.45) is 0 Å². The summed E-state index contributed by atoms with van der Waals surface area (Å²) in [6, 6.07) is 9.99. The first-order chi connectivity index (χ1) is 8.69. The summed E-state index contributed by atoms with van der Waals surface area (Å²) in [5, 5.41) is 3.19. The molecule has 1 aromatic carbocycles. The Morgan fingerprint density at radius 3 is 2.61 bits per heavy atom. The van der Waals surface area contributed by atoms with E-state index in [9.17, 15) is 0 Å². The van der Waals surface area contributed by atoms with Crippen LogP contribution < -0.4 is 11.1 Å². The van der Waals surface area contributed by atoms with Gasteiger partial charge in [0.15, 0.2) is 0 Å². The monoisotopic (exact) mass is 306 g/mol. The van der Waals surface area contributed by atoms with E-state index >= 15 is 0 Å². The van der Waals surface area contributed by atoms with Gasteiger partial charge >= 0.3 is 0 Å². The fraction of sp³-hybridized carbons (Fsp3) is 0.231. The zero-order valence-corrected chi connectivity index (χ0v) is 11.7. The standard InChI is InChI=1S/C13H15BrN4/c1-2-9-5-3-4-6-10(9)8-16-13-17-11(14)7-12(15)18-13/h3-7H,2,8H2,1H3,(H3,15,16,17,18). The lowest BCUT2D eigenvalue weighted by Gasteiger charge is -2.09. The summed E-state index contributed by atoms with van der Waals surface area (Å²) in [4.78, 5) is 8.35. The molecule has 0 spiro atoms. The lowest BCUT2D eigenvalue weighted by Crippen LogP contribution is -2.07. The number of halogens is 1. The van der Waals surface area contributed by atoms with Crippen LogP contribution in [0.15, 0.2) is 34.9 Å². The number of aryl methyl sites for hydroxylation is 1. The minimum absolute atomic E-state index is 0.447. The maximum absolute atomic E-state index is 5.66. The maximum atomic E-state index is 5.66. The van der Waals surface area contributed by atoms with Crippen LogP contribution in [0.4, 0.5) is 11.8 Å². The summed E-state index contributed by atoms with van der Waals surface area (Å²) in [6.07, 6.45) is 1.01. The van der Waals surface area contributed by atoms with E-state index in [2.05, 4.69) is 56.3 Å². The van der Waals surface area contributed by atoms with Crippen LogP contribution in [-0.2, 0) is 13.0 Å². The molecule has 18 heavy (non-hydrogen) atoms. The van der Waals surface area contributed by atoms with E-state index in [1.54, 1.807) is 6.07 Å². The molecule has 0 saturated heterocycles. The number of nitrogens with zero attached hydrogens (tertiary/aromatic N) is 2. The van der Waals surface area contributed by atoms with Crippen molar-refractivity contribution in [3.8, 4) is 0 Å². The molecular formula is C13H15BrN4. The Balaban J connectivity index is 2.11. The van der Waals surface area contributed by atoms with Crippen molar-refractivity contribution in [2.75, 3.05) is 11.1 Å². The second-order valence-corrected chi connectivity index (χ2v) is 4.73. The number of nitrogen functional groups attached to an aromatic ring is 1. The van der Waals surface area contributed by atoms with Crippen molar-refractivity contribution in [3.63, 3.8) is 0 Å². The summed E-state index contributed by atoms with van der Waals surface area (Å²) in [6.45, 7) is 2.84. The molecular weight excluding hydrogens is 292 g/mol. The molecule has 0 aliphatic heterocycles. The third-order valence-electron chi connectivity index (χ3n) is 2.65. The summed E-state index contributed by atoms with van der Waals surface area (Å²) in [5.41, 5.74) is 8.24. The van der Waals surface area contributed by atoms with E-state index in [4.69, 9.17) is 5.73 Å². The first kappa shape index (κ1) is 12.8. The zero-order chi connectivity index (χ0) is 13.0. The number of aromatic nitrogens is 2. The van der Waals surface area contributed by atoms with Crippen molar-refractivity contribution in [1.82, 2.24) is 9.97 Å². The molecule has 3 N–H and O–H groups in total. The highest BCUT2D eigenvalue weighted by molar-refractivity contribution is 9.10. The number of rotatable bonds is 4. The average Bonchev–Trinajstić information content (AvgIpc) is 2.35. The molecule has 2 aromatic rings. The molecule has 0 atom stereocenters. The van der Waals surface area contributed by atoms with Gasteiger partial charge in [-0.05, 0) is 33.5 Å². The first-order valence-electron chi connectivity index (χ1n) is 5.79. The Bertz CT molecular complexity index is 522. The third-order valence-corrected chi connectivity index (χ3v) is 3.06. The van der Waals surface area contributed by atoms with Gasteiger partial charge in [-0.2, -0.15) is 4.98 Å². The maximum Gasteiger partial charge on any atom is 0.225 e. The minimum atomic E-state index is 0.447. The SMILES string of the molecule is CCc1ccccc1CNc1nc(N)cc(Br)n1. The van der Waals surface area contributed by atoms with Crippen molar-refractivity contribution in [2.45, 2.75) is 19.9 Å². The van der Waals surface area contributed by atoms with Gasteiger partial charge in [-0.15, -0.1) is 0 Å². The second-order valence-electron chi connectivity index (χ2n) is 3.91. The fourth-order valence-electron chi connectivity index (χ4n) is 1.76. The van der Waals surface area contributed by atoms with Gasteiger partial charge < -0.3 is 11.1 Å². The molecule has 4 nitrogen and oxygen atoms in total. The van der Waals surface area contributed by atoms with Crippen LogP contribution in [0.1, 0.15) is 18.1 Å². The Kier molecular flexibility index (Phi) is 4.15. The molecule has 5 heteroatoms. The molecule has 0 saturated carbocycles. The van der Waals surface area contributed by atoms with Crippen LogP contribution in [0.25, 0.3) is 0 Å². The lowest BCUT2D eigenvalue weighted by atomic mass is 10.1. The topological polar surface area (TPSA) is 63.8 Å². The van der Waals surface area contributed by atoms with Crippen molar-refractivity contribution in [1.29, 1.82) is 0 Å². The molecule has 0 radical (unpaired) electrons. The predicted molar refractivity (Wildman–Crippen MR) is 77.3 cm³/mol. The molecule has 0 unspecified atom stereocenters. The van der Waals surface area contributed by atoms with Crippen LogP contribution in [0.2, 0.25) is 0 Å². The summed E-state index contributed by atoms with van der Waals surface area (Å²) in [7, 11) is 0. The minimum Gasteiger partial charge on any atom is -0.383 e. The van der Waals surface area contributed by atoms with E-state index in [1.165, 1.54) is 11.1 Å². The van der Waals surface area contributed by atoms with Crippen LogP contribution in [-0.4, -0.2) is 9.97 Å². The Morgan fingerprint density at radius 1 is 1.22 bits per heavy atom. The van der Waals surface area contributed by atoms with Crippen molar-refractivity contribution in [3.05, 3.63) is 46.1 Å². The Hall–Kier alpha value is -1.62. The molecule has 1 heterocycles. The average molecular weight is 307 g/mol. The highest BCUT2D eigenvalue weighted by atomic mass is 79.9. The molecule has 0 bridgehead atoms. The second kappa shape index (κ2) is 5.82. The molecule has 2 rings (SSSR count). The van der Waals surface area contributed by atoms with Gasteiger partial charge in [0.25, 0.3) is 0 Å². The van der Waals surface area contributed by atoms with Crippen LogP contribution in [0.3, 0.4) is 0 Å². The highest BCUT2D eigenvalue weighted by Crippen LogP contribution is 2.14. The van der Waals surface area contributed by atoms with E-state index in [0.717, 1.165) is 6.42 Å². The summed E-state index contributed by atoms with van der Waals surface area (Å²) in [5.74, 6) is 0.982. The molecule has 1 aromatic heterocycles. The molecule has 0 fully saturated rings. The van der Waals surface area contributed by atoms with Gasteiger partial charge in [-0.3, -0.25) is 0 Å². The number of nitrogens with two attached hydrogens (primary N) is 1. The van der Waals surface area contributed by atoms with Gasteiger partial charge in [0.05, 0.1) is 0 Å². The van der Waals surface area contributed by atoms with Gasteiger partial charge in [0.2, 0.25) is 5.95 Å². The molecule has 0 amide bonds. The van der Waals surface area contributed by atoms with Gasteiger partial charge in [0.1, 0.15) is 10.4 Å². The normalized spacial score (nSPS) is 10.3. The summed E-state index contributed by atoms with van der Waals surface area (Å²) >= 11 is 3.30. The first-order valence-corrected chi connectivity index (χ1v) is 6.59. The van der Waals surface area contributed by atoms with Gasteiger partial charge in [0, 0.05) is 12.6 Å². The van der Waals surface area contributed by atoms with Crippen molar-refractivity contribution >= 4 is 27.7 Å². The van der Waals surface area contributed by atoms with Crippen molar-refractivity contribution < 1.29 is 0 Å². The smallest absolute Gasteiger partial charge is 0.225 e. The third kappa shape index (κ3) is 3.20. The fourth-order valence-corrected chi connectivity index (χ4v) is 2.17. The van der Waals surface area contributed by atoms with E-state index in [0.29, 0.717) is 22.9 Å². The van der Waals surface area contributed by atoms with Crippen LogP contribution in [0.5, 0.6) is 0 Å². The van der Waals surface area contributed by atoms with Crippen LogP contribution >= 0.6 is 15.9 Å². The molecule has 0 aliphatic carbocycles. The molecule has 0 aliphatic rings. The highest BCUT2D eigenvalue weighted by Gasteiger charge is 2.03. The number of anilines is 2. The van der Waals surface area contributed by atoms with E-state index in [1.807, 2.05) is 6.07 Å². The zero-order valence-electron chi connectivity index (χ0n) is 10.2. The van der Waals surface area contributed by atoms with Gasteiger partial charge in [-0.25, -0.2) is 4.98 Å². The van der Waals surface area contributed by atoms with Gasteiger partial charge in [-0.1, -0.05) is 31.2 Å². The quantitative estimate of drug-likeness (QED) is 0.852. The number of hydrogen-bond acceptors (Lipinski definition) is 4. The Labute approximate surface area is 115 Å². The van der Waals surface area contributed by atoms with E-state index < -0.39 is 0 Å². The van der Waals surface area contributed by atoms with Crippen LogP contribution in [0, 0.1) is 0 Å². The van der Waals surface area contributed by atoms with E-state index in [-0.39, 0.29) is 0 Å². The number of nitrogens with one attached hydrogen (secondary N) is 1. The lowest BCUT2D eigenvalue weighted by molar-refractivity contribution is 1.01. The summed E-state index contributed by atoms with van der Waals surface area (Å²) < 4.78 is 0.682. The molecule has 94 valence electrons. The number of hydrogen-bond donors (Lipinski definition) is 2.